The van der Waals surface area contributed by atoms with Gasteiger partial charge >= 0.3 is 0 Å². The molecule has 1 aliphatic rings. The van der Waals surface area contributed by atoms with Gasteiger partial charge in [0.05, 0.1) is 17.7 Å². The molecule has 0 aliphatic carbocycles. The Hall–Kier alpha value is -3.19. The third kappa shape index (κ3) is 5.47. The van der Waals surface area contributed by atoms with Gasteiger partial charge in [0.15, 0.2) is 5.69 Å². The monoisotopic (exact) mass is 462 g/mol. The molecule has 0 spiro atoms. The Morgan fingerprint density at radius 3 is 2.41 bits per heavy atom. The predicted molar refractivity (Wildman–Crippen MR) is 135 cm³/mol. The van der Waals surface area contributed by atoms with Gasteiger partial charge in [0, 0.05) is 25.0 Å². The van der Waals surface area contributed by atoms with Gasteiger partial charge in [-0.2, -0.15) is 9.78 Å². The van der Waals surface area contributed by atoms with Crippen LogP contribution in [0.1, 0.15) is 44.1 Å². The fraction of sp³-hybridized carbons (Fsp3) is 0.444. The van der Waals surface area contributed by atoms with E-state index in [2.05, 4.69) is 29.2 Å². The van der Waals surface area contributed by atoms with Crippen LogP contribution in [0.3, 0.4) is 0 Å². The zero-order chi connectivity index (χ0) is 24.1. The second-order valence-corrected chi connectivity index (χ2v) is 9.35. The van der Waals surface area contributed by atoms with Gasteiger partial charge in [0.25, 0.3) is 11.5 Å². The molecule has 2 heterocycles. The van der Waals surface area contributed by atoms with E-state index in [-0.39, 0.29) is 17.2 Å². The number of amides is 1. The summed E-state index contributed by atoms with van der Waals surface area (Å²) in [6, 6.07) is 14.3. The Morgan fingerprint density at radius 2 is 1.74 bits per heavy atom. The highest BCUT2D eigenvalue weighted by Crippen LogP contribution is 2.21. The minimum Gasteiger partial charge on any atom is -0.494 e. The number of hydrogen-bond donors (Lipinski definition) is 1. The smallest absolute Gasteiger partial charge is 0.279 e. The number of carbonyl (C=O) groups is 1. The predicted octanol–water partition coefficient (Wildman–Crippen LogP) is 3.88. The molecule has 1 aliphatic heterocycles. The highest BCUT2D eigenvalue weighted by Gasteiger charge is 2.21. The van der Waals surface area contributed by atoms with Gasteiger partial charge in [-0.3, -0.25) is 9.59 Å². The van der Waals surface area contributed by atoms with Crippen LogP contribution in [0.2, 0.25) is 0 Å². The van der Waals surface area contributed by atoms with E-state index in [1.807, 2.05) is 13.0 Å². The number of carbonyl (C=O) groups excluding carboxylic acids is 1. The molecule has 0 radical (unpaired) electrons. The lowest BCUT2D eigenvalue weighted by Gasteiger charge is -2.34. The van der Waals surface area contributed by atoms with E-state index < -0.39 is 0 Å². The maximum Gasteiger partial charge on any atom is 0.279 e. The van der Waals surface area contributed by atoms with Gasteiger partial charge in [-0.25, -0.2) is 0 Å². The first-order valence-electron chi connectivity index (χ1n) is 12.2. The van der Waals surface area contributed by atoms with Crippen LogP contribution in [0.4, 0.5) is 0 Å². The number of piperidine rings is 1. The molecule has 34 heavy (non-hydrogen) atoms. The molecule has 0 saturated carbocycles. The summed E-state index contributed by atoms with van der Waals surface area (Å²) in [6.45, 7) is 10.9. The van der Waals surface area contributed by atoms with Crippen molar-refractivity contribution >= 4 is 16.7 Å². The average molecular weight is 463 g/mol. The summed E-state index contributed by atoms with van der Waals surface area (Å²) in [5.74, 6) is 1.89. The molecule has 0 bridgehead atoms. The van der Waals surface area contributed by atoms with Crippen LogP contribution in [0.25, 0.3) is 16.5 Å². The average Bonchev–Trinajstić information content (AvgIpc) is 2.82. The number of fused-ring (bicyclic) bond motifs is 1. The second-order valence-electron chi connectivity index (χ2n) is 9.35. The quantitative estimate of drug-likeness (QED) is 0.514. The number of rotatable bonds is 8. The Kier molecular flexibility index (Phi) is 7.63. The first-order chi connectivity index (χ1) is 16.5. The van der Waals surface area contributed by atoms with Gasteiger partial charge in [-0.05, 0) is 68.5 Å². The van der Waals surface area contributed by atoms with Crippen LogP contribution in [0.15, 0.2) is 53.3 Å². The van der Waals surface area contributed by atoms with Crippen LogP contribution in [-0.2, 0) is 0 Å². The van der Waals surface area contributed by atoms with Crippen molar-refractivity contribution in [1.82, 2.24) is 20.0 Å². The van der Waals surface area contributed by atoms with Crippen LogP contribution >= 0.6 is 0 Å². The van der Waals surface area contributed by atoms with E-state index in [1.54, 1.807) is 42.5 Å². The summed E-state index contributed by atoms with van der Waals surface area (Å²) in [5, 5.41) is 8.52. The normalized spacial score (nSPS) is 18.7. The minimum absolute atomic E-state index is 0.254. The topological polar surface area (TPSA) is 76.5 Å². The number of nitrogens with zero attached hydrogens (tertiary/aromatic N) is 3. The van der Waals surface area contributed by atoms with Gasteiger partial charge in [-0.15, -0.1) is 0 Å². The van der Waals surface area contributed by atoms with Gasteiger partial charge in [0.1, 0.15) is 5.75 Å². The van der Waals surface area contributed by atoms with Crippen molar-refractivity contribution < 1.29 is 9.53 Å². The molecule has 2 aromatic carbocycles. The number of likely N-dealkylation sites (tertiary alicyclic amines) is 1. The second kappa shape index (κ2) is 10.8. The lowest BCUT2D eigenvalue weighted by molar-refractivity contribution is 0.0942. The molecule has 7 nitrogen and oxygen atoms in total. The third-order valence-electron chi connectivity index (χ3n) is 6.29. The number of ether oxygens (including phenoxy) is 1. The van der Waals surface area contributed by atoms with Gasteiger partial charge in [0.2, 0.25) is 0 Å². The number of hydrogen-bond acceptors (Lipinski definition) is 5. The van der Waals surface area contributed by atoms with Crippen molar-refractivity contribution in [3.05, 3.63) is 64.6 Å². The molecule has 7 heteroatoms. The molecule has 1 N–H and O–H groups in total. The zero-order valence-corrected chi connectivity index (χ0v) is 20.3. The van der Waals surface area contributed by atoms with Gasteiger partial charge < -0.3 is 15.0 Å². The molecular formula is C27H34N4O3. The maximum atomic E-state index is 13.1. The first-order valence-corrected chi connectivity index (χ1v) is 12.2. The van der Waals surface area contributed by atoms with Gasteiger partial charge in [-0.1, -0.05) is 32.0 Å². The summed E-state index contributed by atoms with van der Waals surface area (Å²) in [6.07, 6.45) is 2.16. The molecule has 0 unspecified atom stereocenters. The standard InChI is InChI=1S/C27H34N4O3/c1-4-34-22-12-10-21(11-13-22)31-27(33)24-9-6-5-8-23(24)25(29-31)26(32)28-14-7-15-30-17-19(2)16-20(3)18-30/h5-6,8-13,19-20H,4,7,14-18H2,1-3H3,(H,28,32)/t19-,20-/m0/s1. The minimum atomic E-state index is -0.267. The fourth-order valence-corrected chi connectivity index (χ4v) is 4.95. The molecule has 3 aromatic rings. The summed E-state index contributed by atoms with van der Waals surface area (Å²) >= 11 is 0. The molecule has 1 saturated heterocycles. The largest absolute Gasteiger partial charge is 0.494 e. The fourth-order valence-electron chi connectivity index (χ4n) is 4.95. The maximum absolute atomic E-state index is 13.1. The van der Waals surface area contributed by atoms with Crippen molar-refractivity contribution in [2.24, 2.45) is 11.8 Å². The van der Waals surface area contributed by atoms with Crippen LogP contribution < -0.4 is 15.6 Å². The molecular weight excluding hydrogens is 428 g/mol. The van der Waals surface area contributed by atoms with Crippen molar-refractivity contribution in [2.45, 2.75) is 33.6 Å². The highest BCUT2D eigenvalue weighted by atomic mass is 16.5. The third-order valence-corrected chi connectivity index (χ3v) is 6.29. The Balaban J connectivity index is 1.51. The van der Waals surface area contributed by atoms with Crippen molar-refractivity contribution in [3.63, 3.8) is 0 Å². The molecule has 1 aromatic heterocycles. The van der Waals surface area contributed by atoms with E-state index in [4.69, 9.17) is 4.74 Å². The van der Waals surface area contributed by atoms with Crippen molar-refractivity contribution in [2.75, 3.05) is 32.8 Å². The van der Waals surface area contributed by atoms with E-state index >= 15 is 0 Å². The number of nitrogens with one attached hydrogen (secondary N) is 1. The molecule has 1 amide bonds. The Morgan fingerprint density at radius 1 is 1.06 bits per heavy atom. The Labute approximate surface area is 200 Å². The van der Waals surface area contributed by atoms with Crippen LogP contribution in [0.5, 0.6) is 5.75 Å². The van der Waals surface area contributed by atoms with Crippen LogP contribution in [-0.4, -0.2) is 53.4 Å². The van der Waals surface area contributed by atoms with Crippen molar-refractivity contribution in [1.29, 1.82) is 0 Å². The lowest BCUT2D eigenvalue weighted by atomic mass is 9.92. The van der Waals surface area contributed by atoms with Crippen LogP contribution in [0, 0.1) is 11.8 Å². The molecule has 4 rings (SSSR count). The first kappa shape index (κ1) is 24.0. The zero-order valence-electron chi connectivity index (χ0n) is 20.3. The SMILES string of the molecule is CCOc1ccc(-n2nc(C(=O)NCCCN3C[C@@H](C)C[C@H](C)C3)c3ccccc3c2=O)cc1. The summed E-state index contributed by atoms with van der Waals surface area (Å²) in [5.41, 5.74) is 0.579. The highest BCUT2D eigenvalue weighted by molar-refractivity contribution is 6.04. The Bertz CT molecular complexity index is 1180. The van der Waals surface area contributed by atoms with E-state index in [9.17, 15) is 9.59 Å². The summed E-state index contributed by atoms with van der Waals surface area (Å²) in [7, 11) is 0. The van der Waals surface area contributed by atoms with E-state index in [0.717, 1.165) is 43.6 Å². The summed E-state index contributed by atoms with van der Waals surface area (Å²) in [4.78, 5) is 28.8. The number of aromatic nitrogens is 2. The van der Waals surface area contributed by atoms with E-state index in [0.29, 0.717) is 29.6 Å². The van der Waals surface area contributed by atoms with E-state index in [1.165, 1.54) is 11.1 Å². The molecule has 180 valence electrons. The van der Waals surface area contributed by atoms with Crippen molar-refractivity contribution in [3.8, 4) is 11.4 Å². The molecule has 2 atom stereocenters. The summed E-state index contributed by atoms with van der Waals surface area (Å²) < 4.78 is 6.79. The molecule has 1 fully saturated rings. The number of benzene rings is 2. The lowest BCUT2D eigenvalue weighted by Crippen LogP contribution is -2.40.